The minimum absolute atomic E-state index is 0.497. The van der Waals surface area contributed by atoms with E-state index in [-0.39, 0.29) is 0 Å². The number of ether oxygens (including phenoxy) is 2. The second-order valence-corrected chi connectivity index (χ2v) is 5.53. The molecule has 0 spiro atoms. The molecular weight excluding hydrogens is 331 g/mol. The van der Waals surface area contributed by atoms with Crippen LogP contribution >= 0.6 is 22.9 Å². The van der Waals surface area contributed by atoms with Crippen LogP contribution in [0.5, 0.6) is 0 Å². The SMILES string of the molecule is INC1CCC(OCCN2CCOCC2)CC1. The Kier molecular flexibility index (Phi) is 6.49. The van der Waals surface area contributed by atoms with Crippen molar-refractivity contribution in [3.05, 3.63) is 0 Å². The van der Waals surface area contributed by atoms with Gasteiger partial charge < -0.3 is 9.47 Å². The van der Waals surface area contributed by atoms with Crippen LogP contribution in [0.15, 0.2) is 0 Å². The van der Waals surface area contributed by atoms with Crippen molar-refractivity contribution < 1.29 is 9.47 Å². The average molecular weight is 354 g/mol. The van der Waals surface area contributed by atoms with Gasteiger partial charge in [0.1, 0.15) is 0 Å². The molecule has 0 aromatic carbocycles. The molecule has 1 heterocycles. The summed E-state index contributed by atoms with van der Waals surface area (Å²) in [5, 5.41) is 0. The van der Waals surface area contributed by atoms with Crippen molar-refractivity contribution >= 4 is 22.9 Å². The molecule has 2 rings (SSSR count). The molecule has 1 saturated carbocycles. The van der Waals surface area contributed by atoms with E-state index >= 15 is 0 Å². The molecule has 1 aliphatic carbocycles. The van der Waals surface area contributed by atoms with Crippen LogP contribution in [0.4, 0.5) is 0 Å². The van der Waals surface area contributed by atoms with Gasteiger partial charge in [-0.15, -0.1) is 0 Å². The van der Waals surface area contributed by atoms with E-state index in [0.29, 0.717) is 12.1 Å². The van der Waals surface area contributed by atoms with Gasteiger partial charge in [-0.05, 0) is 25.7 Å². The van der Waals surface area contributed by atoms with Crippen molar-refractivity contribution in [3.8, 4) is 0 Å². The van der Waals surface area contributed by atoms with Crippen LogP contribution in [0.3, 0.4) is 0 Å². The van der Waals surface area contributed by atoms with Crippen LogP contribution in [-0.4, -0.2) is 56.5 Å². The predicted octanol–water partition coefficient (Wildman–Crippen LogP) is 1.59. The van der Waals surface area contributed by atoms with Crippen LogP contribution in [0, 0.1) is 0 Å². The van der Waals surface area contributed by atoms with Gasteiger partial charge in [0.25, 0.3) is 0 Å². The lowest BCUT2D eigenvalue weighted by atomic mass is 9.94. The van der Waals surface area contributed by atoms with Gasteiger partial charge in [-0.3, -0.25) is 8.43 Å². The first-order valence-electron chi connectivity index (χ1n) is 6.66. The number of halogens is 1. The minimum atomic E-state index is 0.497. The van der Waals surface area contributed by atoms with Gasteiger partial charge in [0.05, 0.1) is 25.9 Å². The summed E-state index contributed by atoms with van der Waals surface area (Å²) in [4.78, 5) is 2.43. The van der Waals surface area contributed by atoms with Gasteiger partial charge in [-0.1, -0.05) is 0 Å². The zero-order valence-corrected chi connectivity index (χ0v) is 12.5. The highest BCUT2D eigenvalue weighted by atomic mass is 127. The molecule has 0 aromatic rings. The summed E-state index contributed by atoms with van der Waals surface area (Å²) in [7, 11) is 0. The molecule has 1 N–H and O–H groups in total. The van der Waals surface area contributed by atoms with Crippen molar-refractivity contribution in [2.45, 2.75) is 37.8 Å². The zero-order chi connectivity index (χ0) is 11.9. The number of rotatable bonds is 5. The lowest BCUT2D eigenvalue weighted by Crippen LogP contribution is -2.39. The molecule has 2 fully saturated rings. The minimum Gasteiger partial charge on any atom is -0.379 e. The maximum atomic E-state index is 5.97. The van der Waals surface area contributed by atoms with Gasteiger partial charge in [-0.2, -0.15) is 0 Å². The van der Waals surface area contributed by atoms with Crippen LogP contribution in [-0.2, 0) is 9.47 Å². The quantitative estimate of drug-likeness (QED) is 0.601. The third kappa shape index (κ3) is 4.98. The summed E-state index contributed by atoms with van der Waals surface area (Å²) in [5.74, 6) is 0. The van der Waals surface area contributed by atoms with Crippen LogP contribution in [0.1, 0.15) is 25.7 Å². The van der Waals surface area contributed by atoms with Crippen molar-refractivity contribution in [1.29, 1.82) is 0 Å². The molecule has 0 bridgehead atoms. The number of morpholine rings is 1. The van der Waals surface area contributed by atoms with E-state index in [2.05, 4.69) is 31.3 Å². The Morgan fingerprint density at radius 1 is 1.18 bits per heavy atom. The van der Waals surface area contributed by atoms with E-state index in [1.54, 1.807) is 0 Å². The highest BCUT2D eigenvalue weighted by Gasteiger charge is 2.20. The van der Waals surface area contributed by atoms with E-state index in [1.165, 1.54) is 25.7 Å². The number of nitrogens with one attached hydrogen (secondary N) is 1. The molecule has 0 radical (unpaired) electrons. The molecule has 2 aliphatic rings. The molecule has 0 amide bonds. The number of hydrogen-bond donors (Lipinski definition) is 1. The third-order valence-electron chi connectivity index (χ3n) is 3.69. The lowest BCUT2D eigenvalue weighted by Gasteiger charge is -2.30. The molecule has 0 atom stereocenters. The lowest BCUT2D eigenvalue weighted by molar-refractivity contribution is -0.0100. The fraction of sp³-hybridized carbons (Fsp3) is 1.00. The first kappa shape index (κ1) is 14.0. The third-order valence-corrected chi connectivity index (χ3v) is 4.57. The zero-order valence-electron chi connectivity index (χ0n) is 10.4. The highest BCUT2D eigenvalue weighted by Crippen LogP contribution is 2.21. The van der Waals surface area contributed by atoms with Gasteiger partial charge in [0, 0.05) is 48.5 Å². The largest absolute Gasteiger partial charge is 0.379 e. The molecule has 0 aromatic heterocycles. The van der Waals surface area contributed by atoms with Crippen LogP contribution in [0.25, 0.3) is 0 Å². The van der Waals surface area contributed by atoms with E-state index in [0.717, 1.165) is 39.5 Å². The fourth-order valence-electron chi connectivity index (χ4n) is 2.51. The maximum absolute atomic E-state index is 5.97. The van der Waals surface area contributed by atoms with Crippen LogP contribution in [0.2, 0.25) is 0 Å². The monoisotopic (exact) mass is 354 g/mol. The van der Waals surface area contributed by atoms with Gasteiger partial charge in [0.2, 0.25) is 0 Å². The van der Waals surface area contributed by atoms with Crippen molar-refractivity contribution in [1.82, 2.24) is 8.43 Å². The Hall–Kier alpha value is 0.570. The summed E-state index contributed by atoms with van der Waals surface area (Å²) in [6.07, 6.45) is 5.43. The first-order valence-corrected chi connectivity index (χ1v) is 7.74. The Bertz CT molecular complexity index is 205. The molecule has 0 unspecified atom stereocenters. The predicted molar refractivity (Wildman–Crippen MR) is 76.4 cm³/mol. The standard InChI is InChI=1S/C12H23IN2O2/c13-14-11-1-3-12(4-2-11)17-10-7-15-5-8-16-9-6-15/h11-12,14H,1-10H2. The normalized spacial score (nSPS) is 31.6. The summed E-state index contributed by atoms with van der Waals surface area (Å²) in [6.45, 7) is 5.84. The van der Waals surface area contributed by atoms with E-state index in [4.69, 9.17) is 9.47 Å². The topological polar surface area (TPSA) is 33.7 Å². The average Bonchev–Trinajstić information content (AvgIpc) is 2.41. The second-order valence-electron chi connectivity index (χ2n) is 4.91. The molecule has 4 nitrogen and oxygen atoms in total. The number of nitrogens with zero attached hydrogens (tertiary/aromatic N) is 1. The Morgan fingerprint density at radius 2 is 1.88 bits per heavy atom. The van der Waals surface area contributed by atoms with E-state index in [9.17, 15) is 0 Å². The molecular formula is C12H23IN2O2. The van der Waals surface area contributed by atoms with Crippen molar-refractivity contribution in [3.63, 3.8) is 0 Å². The van der Waals surface area contributed by atoms with Gasteiger partial charge in [-0.25, -0.2) is 0 Å². The molecule has 1 saturated heterocycles. The summed E-state index contributed by atoms with van der Waals surface area (Å²) < 4.78 is 14.6. The fourth-order valence-corrected chi connectivity index (χ4v) is 3.13. The van der Waals surface area contributed by atoms with E-state index < -0.39 is 0 Å². The highest BCUT2D eigenvalue weighted by molar-refractivity contribution is 14.1. The molecule has 17 heavy (non-hydrogen) atoms. The smallest absolute Gasteiger partial charge is 0.0597 e. The van der Waals surface area contributed by atoms with Gasteiger partial charge in [0.15, 0.2) is 0 Å². The second kappa shape index (κ2) is 7.89. The molecule has 100 valence electrons. The Morgan fingerprint density at radius 3 is 2.53 bits per heavy atom. The Balaban J connectivity index is 1.53. The van der Waals surface area contributed by atoms with Crippen molar-refractivity contribution in [2.24, 2.45) is 0 Å². The Labute approximate surface area is 118 Å². The van der Waals surface area contributed by atoms with Gasteiger partial charge >= 0.3 is 0 Å². The summed E-state index contributed by atoms with van der Waals surface area (Å²) in [5.41, 5.74) is 0. The summed E-state index contributed by atoms with van der Waals surface area (Å²) in [6, 6.07) is 0.703. The van der Waals surface area contributed by atoms with Crippen LogP contribution < -0.4 is 3.53 Å². The van der Waals surface area contributed by atoms with E-state index in [1.807, 2.05) is 0 Å². The van der Waals surface area contributed by atoms with Crippen molar-refractivity contribution in [2.75, 3.05) is 39.5 Å². The molecule has 5 heteroatoms. The number of hydrogen-bond acceptors (Lipinski definition) is 4. The first-order chi connectivity index (χ1) is 8.38. The maximum Gasteiger partial charge on any atom is 0.0597 e. The molecule has 1 aliphatic heterocycles. The summed E-state index contributed by atoms with van der Waals surface area (Å²) >= 11 is 2.26.